The Balaban J connectivity index is 4.17. The number of carbonyl (C=O) groups excluding carboxylic acids is 2. The average molecular weight is 950 g/mol. The average Bonchev–Trinajstić information content (AvgIpc) is 3.32. The summed E-state index contributed by atoms with van der Waals surface area (Å²) >= 11 is 0. The van der Waals surface area contributed by atoms with Crippen LogP contribution in [0.1, 0.15) is 181 Å². The molecule has 0 aliphatic carbocycles. The molecule has 0 aromatic rings. The van der Waals surface area contributed by atoms with Crippen LogP contribution in [0.2, 0.25) is 0 Å². The SMILES string of the molecule is CC/C=C\C/C=C\C/C=C\C/C=C\C/C=C\C/C=C\CCCCC(=O)OC(COC(=O)CCCCCCCCCCC/C=C\C/C=C\C/C=C\C/C=C\C/C=C\CC)COP(=O)(O)OCCN. The van der Waals surface area contributed by atoms with Gasteiger partial charge in [0, 0.05) is 19.4 Å². The van der Waals surface area contributed by atoms with Gasteiger partial charge in [0.2, 0.25) is 0 Å². The lowest BCUT2D eigenvalue weighted by atomic mass is 10.1. The Morgan fingerprint density at radius 3 is 1.18 bits per heavy atom. The van der Waals surface area contributed by atoms with E-state index in [-0.39, 0.29) is 32.6 Å². The fraction of sp³-hybridized carbons (Fsp3) is 0.579. The fourth-order valence-electron chi connectivity index (χ4n) is 6.31. The summed E-state index contributed by atoms with van der Waals surface area (Å²) in [5.74, 6) is -0.898. The molecule has 0 amide bonds. The zero-order valence-corrected chi connectivity index (χ0v) is 42.7. The highest BCUT2D eigenvalue weighted by atomic mass is 31.2. The second-order valence-corrected chi connectivity index (χ2v) is 17.7. The van der Waals surface area contributed by atoms with E-state index in [4.69, 9.17) is 24.3 Å². The van der Waals surface area contributed by atoms with Crippen molar-refractivity contribution in [2.45, 2.75) is 187 Å². The van der Waals surface area contributed by atoms with Crippen LogP contribution >= 0.6 is 7.82 Å². The van der Waals surface area contributed by atoms with Crippen LogP contribution in [-0.4, -0.2) is 49.3 Å². The van der Waals surface area contributed by atoms with Crippen molar-refractivity contribution in [2.24, 2.45) is 5.73 Å². The zero-order chi connectivity index (χ0) is 48.8. The molecule has 0 rings (SSSR count). The second-order valence-electron chi connectivity index (χ2n) is 16.3. The standard InChI is InChI=1S/C57H92NO8P/c1-3-5-7-9-11-13-15-17-19-21-23-25-26-27-28-30-31-33-35-37-39-41-43-45-47-49-56(59)63-53-55(54-65-67(61,62)64-52-51-58)66-57(60)50-48-46-44-42-40-38-36-34-32-29-24-22-20-18-16-14-12-10-8-6-4-2/h5-8,11-14,17-20,23-25,27-29,34,36,40,42,55H,3-4,9-10,15-16,21-22,26,30-33,35,37-39,41,43-54,58H2,1-2H3,(H,61,62)/b7-5-,8-6-,13-11-,14-12-,19-17-,20-18-,25-23-,28-27-,29-24-,36-34-,42-40-. The summed E-state index contributed by atoms with van der Waals surface area (Å²) in [4.78, 5) is 35.1. The Bertz CT molecular complexity index is 1550. The quantitative estimate of drug-likeness (QED) is 0.0265. The van der Waals surface area contributed by atoms with Crippen molar-refractivity contribution in [1.29, 1.82) is 0 Å². The number of nitrogens with two attached hydrogens (primary N) is 1. The molecule has 2 atom stereocenters. The van der Waals surface area contributed by atoms with Crippen LogP contribution in [0.25, 0.3) is 0 Å². The molecule has 0 radical (unpaired) electrons. The molecule has 0 heterocycles. The highest BCUT2D eigenvalue weighted by Gasteiger charge is 2.26. The van der Waals surface area contributed by atoms with E-state index >= 15 is 0 Å². The van der Waals surface area contributed by atoms with Gasteiger partial charge in [0.1, 0.15) is 6.61 Å². The van der Waals surface area contributed by atoms with Crippen molar-refractivity contribution in [2.75, 3.05) is 26.4 Å². The van der Waals surface area contributed by atoms with E-state index in [0.29, 0.717) is 12.8 Å². The summed E-state index contributed by atoms with van der Waals surface area (Å²) in [5, 5.41) is 0. The molecule has 0 spiro atoms. The summed E-state index contributed by atoms with van der Waals surface area (Å²) in [6.45, 7) is 3.43. The first-order valence-electron chi connectivity index (χ1n) is 25.7. The molecule has 0 aliphatic heterocycles. The highest BCUT2D eigenvalue weighted by Crippen LogP contribution is 2.43. The van der Waals surface area contributed by atoms with Crippen LogP contribution in [0.5, 0.6) is 0 Å². The third kappa shape index (κ3) is 51.4. The molecule has 0 fully saturated rings. The molecule has 378 valence electrons. The molecule has 0 saturated heterocycles. The van der Waals surface area contributed by atoms with Gasteiger partial charge in [-0.2, -0.15) is 0 Å². The Kier molecular flexibility index (Phi) is 48.6. The van der Waals surface area contributed by atoms with Crippen LogP contribution in [0.4, 0.5) is 0 Å². The maximum atomic E-state index is 12.6. The van der Waals surface area contributed by atoms with Gasteiger partial charge in [-0.05, 0) is 109 Å². The summed E-state index contributed by atoms with van der Waals surface area (Å²) in [6.07, 6.45) is 72.0. The van der Waals surface area contributed by atoms with Crippen LogP contribution in [-0.2, 0) is 32.7 Å². The summed E-state index contributed by atoms with van der Waals surface area (Å²) in [7, 11) is -4.41. The van der Waals surface area contributed by atoms with Crippen molar-refractivity contribution in [3.8, 4) is 0 Å². The summed E-state index contributed by atoms with van der Waals surface area (Å²) in [5.41, 5.74) is 5.36. The van der Waals surface area contributed by atoms with E-state index in [9.17, 15) is 19.0 Å². The molecular formula is C57H92NO8P. The lowest BCUT2D eigenvalue weighted by Gasteiger charge is -2.19. The first-order chi connectivity index (χ1) is 32.8. The lowest BCUT2D eigenvalue weighted by Crippen LogP contribution is -2.29. The fourth-order valence-corrected chi connectivity index (χ4v) is 7.08. The third-order valence-electron chi connectivity index (χ3n) is 10.0. The van der Waals surface area contributed by atoms with Gasteiger partial charge in [-0.1, -0.05) is 192 Å². The predicted octanol–water partition coefficient (Wildman–Crippen LogP) is 15.8. The van der Waals surface area contributed by atoms with Crippen LogP contribution in [0.15, 0.2) is 134 Å². The molecular weight excluding hydrogens is 858 g/mol. The first kappa shape index (κ1) is 63.1. The van der Waals surface area contributed by atoms with Gasteiger partial charge < -0.3 is 20.1 Å². The number of unbranched alkanes of at least 4 members (excludes halogenated alkanes) is 11. The second kappa shape index (κ2) is 51.5. The molecule has 0 aromatic heterocycles. The molecule has 3 N–H and O–H groups in total. The van der Waals surface area contributed by atoms with Crippen molar-refractivity contribution >= 4 is 19.8 Å². The maximum Gasteiger partial charge on any atom is 0.472 e. The van der Waals surface area contributed by atoms with Crippen LogP contribution in [0.3, 0.4) is 0 Å². The Labute approximate surface area is 408 Å². The number of rotatable bonds is 46. The van der Waals surface area contributed by atoms with Gasteiger partial charge in [-0.25, -0.2) is 4.57 Å². The minimum atomic E-state index is -4.41. The van der Waals surface area contributed by atoms with Crippen LogP contribution in [0, 0.1) is 0 Å². The van der Waals surface area contributed by atoms with Gasteiger partial charge >= 0.3 is 19.8 Å². The number of phosphoric acid groups is 1. The Morgan fingerprint density at radius 1 is 0.448 bits per heavy atom. The molecule has 67 heavy (non-hydrogen) atoms. The smallest absolute Gasteiger partial charge is 0.462 e. The maximum absolute atomic E-state index is 12.6. The van der Waals surface area contributed by atoms with Crippen molar-refractivity contribution < 1.29 is 37.6 Å². The van der Waals surface area contributed by atoms with Gasteiger partial charge in [0.05, 0.1) is 13.2 Å². The molecule has 10 heteroatoms. The number of hydrogen-bond donors (Lipinski definition) is 2. The van der Waals surface area contributed by atoms with Gasteiger partial charge in [-0.15, -0.1) is 0 Å². The number of esters is 2. The highest BCUT2D eigenvalue weighted by molar-refractivity contribution is 7.47. The third-order valence-corrected chi connectivity index (χ3v) is 11.0. The Morgan fingerprint density at radius 2 is 0.776 bits per heavy atom. The van der Waals surface area contributed by atoms with Gasteiger partial charge in [0.25, 0.3) is 0 Å². The topological polar surface area (TPSA) is 134 Å². The van der Waals surface area contributed by atoms with Gasteiger partial charge in [-0.3, -0.25) is 18.6 Å². The molecule has 0 aromatic carbocycles. The summed E-state index contributed by atoms with van der Waals surface area (Å²) < 4.78 is 32.9. The lowest BCUT2D eigenvalue weighted by molar-refractivity contribution is -0.161. The van der Waals surface area contributed by atoms with Gasteiger partial charge in [0.15, 0.2) is 6.10 Å². The van der Waals surface area contributed by atoms with E-state index < -0.39 is 32.5 Å². The van der Waals surface area contributed by atoms with E-state index in [1.165, 1.54) is 32.1 Å². The van der Waals surface area contributed by atoms with Crippen molar-refractivity contribution in [1.82, 2.24) is 0 Å². The minimum Gasteiger partial charge on any atom is -0.462 e. The van der Waals surface area contributed by atoms with E-state index in [1.54, 1.807) is 0 Å². The number of carbonyl (C=O) groups is 2. The molecule has 0 saturated carbocycles. The predicted molar refractivity (Wildman–Crippen MR) is 284 cm³/mol. The van der Waals surface area contributed by atoms with E-state index in [1.807, 2.05) is 0 Å². The first-order valence-corrected chi connectivity index (χ1v) is 27.2. The normalized spacial score (nSPS) is 14.3. The molecule has 9 nitrogen and oxygen atoms in total. The van der Waals surface area contributed by atoms with E-state index in [0.717, 1.165) is 109 Å². The number of allylic oxidation sites excluding steroid dienone is 22. The number of hydrogen-bond acceptors (Lipinski definition) is 8. The van der Waals surface area contributed by atoms with Crippen LogP contribution < -0.4 is 5.73 Å². The van der Waals surface area contributed by atoms with Crippen molar-refractivity contribution in [3.05, 3.63) is 134 Å². The molecule has 0 aliphatic rings. The van der Waals surface area contributed by atoms with E-state index in [2.05, 4.69) is 148 Å². The molecule has 2 unspecified atom stereocenters. The monoisotopic (exact) mass is 950 g/mol. The molecule has 0 bridgehead atoms. The Hall–Kier alpha value is -3.85. The minimum absolute atomic E-state index is 0.0372. The largest absolute Gasteiger partial charge is 0.472 e. The van der Waals surface area contributed by atoms with Crippen molar-refractivity contribution in [3.63, 3.8) is 0 Å². The number of phosphoric ester groups is 1. The summed E-state index contributed by atoms with van der Waals surface area (Å²) in [6, 6.07) is 0. The number of ether oxygens (including phenoxy) is 2. The zero-order valence-electron chi connectivity index (χ0n) is 41.8.